The normalized spacial score (nSPS) is 17.9. The maximum atomic E-state index is 12.0. The number of halogens is 1. The molecule has 0 aromatic heterocycles. The van der Waals surface area contributed by atoms with Crippen molar-refractivity contribution in [3.8, 4) is 0 Å². The van der Waals surface area contributed by atoms with Crippen molar-refractivity contribution < 1.29 is 9.90 Å². The Bertz CT molecular complexity index is 369. The standard InChI is InChI=1S/C11H11BrO2/c12-9-4-2-1-3-8(9)10(14)11(7-13)5-6-11/h1-4,13H,5-7H2. The van der Waals surface area contributed by atoms with Gasteiger partial charge in [-0.1, -0.05) is 34.1 Å². The zero-order valence-electron chi connectivity index (χ0n) is 7.66. The predicted octanol–water partition coefficient (Wildman–Crippen LogP) is 2.40. The van der Waals surface area contributed by atoms with E-state index in [1.807, 2.05) is 18.2 Å². The van der Waals surface area contributed by atoms with Gasteiger partial charge in [-0.25, -0.2) is 0 Å². The summed E-state index contributed by atoms with van der Waals surface area (Å²) in [5.74, 6) is 0.0625. The van der Waals surface area contributed by atoms with Gasteiger partial charge in [0, 0.05) is 10.0 Å². The van der Waals surface area contributed by atoms with Crippen LogP contribution in [-0.4, -0.2) is 17.5 Å². The lowest BCUT2D eigenvalue weighted by atomic mass is 9.96. The lowest BCUT2D eigenvalue weighted by Gasteiger charge is -2.11. The molecule has 1 fully saturated rings. The molecule has 2 nitrogen and oxygen atoms in total. The minimum absolute atomic E-state index is 0.0346. The van der Waals surface area contributed by atoms with Crippen LogP contribution in [0, 0.1) is 5.41 Å². The Morgan fingerprint density at radius 1 is 1.43 bits per heavy atom. The SMILES string of the molecule is O=C(c1ccccc1Br)C1(CO)CC1. The van der Waals surface area contributed by atoms with E-state index in [4.69, 9.17) is 5.11 Å². The van der Waals surface area contributed by atoms with Gasteiger partial charge in [0.2, 0.25) is 0 Å². The van der Waals surface area contributed by atoms with E-state index in [-0.39, 0.29) is 12.4 Å². The molecule has 74 valence electrons. The van der Waals surface area contributed by atoms with Crippen molar-refractivity contribution in [1.82, 2.24) is 0 Å². The number of hydrogen-bond acceptors (Lipinski definition) is 2. The number of carbonyl (C=O) groups excluding carboxylic acids is 1. The molecule has 14 heavy (non-hydrogen) atoms. The van der Waals surface area contributed by atoms with Crippen LogP contribution in [0.2, 0.25) is 0 Å². The van der Waals surface area contributed by atoms with Crippen LogP contribution in [0.4, 0.5) is 0 Å². The predicted molar refractivity (Wildman–Crippen MR) is 57.2 cm³/mol. The van der Waals surface area contributed by atoms with Crippen LogP contribution in [0.1, 0.15) is 23.2 Å². The molecule has 1 aliphatic rings. The van der Waals surface area contributed by atoms with Gasteiger partial charge in [0.25, 0.3) is 0 Å². The van der Waals surface area contributed by atoms with Crippen LogP contribution in [0.15, 0.2) is 28.7 Å². The minimum atomic E-state index is -0.468. The molecule has 1 N–H and O–H groups in total. The number of aliphatic hydroxyl groups is 1. The molecule has 3 heteroatoms. The van der Waals surface area contributed by atoms with E-state index in [2.05, 4.69) is 15.9 Å². The zero-order valence-corrected chi connectivity index (χ0v) is 9.25. The van der Waals surface area contributed by atoms with E-state index in [0.29, 0.717) is 5.56 Å². The summed E-state index contributed by atoms with van der Waals surface area (Å²) in [4.78, 5) is 12.0. The summed E-state index contributed by atoms with van der Waals surface area (Å²) in [6.45, 7) is -0.0346. The summed E-state index contributed by atoms with van der Waals surface area (Å²) in [7, 11) is 0. The third kappa shape index (κ3) is 1.51. The second-order valence-electron chi connectivity index (χ2n) is 3.75. The number of benzene rings is 1. The van der Waals surface area contributed by atoms with Crippen LogP contribution in [-0.2, 0) is 0 Å². The van der Waals surface area contributed by atoms with Crippen LogP contribution in [0.3, 0.4) is 0 Å². The molecule has 0 saturated heterocycles. The van der Waals surface area contributed by atoms with E-state index in [0.717, 1.165) is 17.3 Å². The molecule has 0 amide bonds. The van der Waals surface area contributed by atoms with Gasteiger partial charge in [0.15, 0.2) is 5.78 Å². The van der Waals surface area contributed by atoms with Crippen LogP contribution < -0.4 is 0 Å². The Labute approximate surface area is 91.1 Å². The van der Waals surface area contributed by atoms with E-state index in [9.17, 15) is 4.79 Å². The molecule has 1 aromatic rings. The highest BCUT2D eigenvalue weighted by molar-refractivity contribution is 9.10. The quantitative estimate of drug-likeness (QED) is 0.842. The highest BCUT2D eigenvalue weighted by atomic mass is 79.9. The lowest BCUT2D eigenvalue weighted by molar-refractivity contribution is 0.0829. The molecular formula is C11H11BrO2. The number of carbonyl (C=O) groups is 1. The van der Waals surface area contributed by atoms with Gasteiger partial charge >= 0.3 is 0 Å². The third-order valence-electron chi connectivity index (χ3n) is 2.76. The summed E-state index contributed by atoms with van der Waals surface area (Å²) in [6, 6.07) is 7.35. The van der Waals surface area contributed by atoms with Crippen LogP contribution in [0.5, 0.6) is 0 Å². The Morgan fingerprint density at radius 2 is 2.07 bits per heavy atom. The Balaban J connectivity index is 2.32. The average molecular weight is 255 g/mol. The number of hydrogen-bond donors (Lipinski definition) is 1. The Kier molecular flexibility index (Phi) is 2.45. The number of ketones is 1. The largest absolute Gasteiger partial charge is 0.395 e. The monoisotopic (exact) mass is 254 g/mol. The molecule has 1 aromatic carbocycles. The van der Waals surface area contributed by atoms with Crippen molar-refractivity contribution in [2.24, 2.45) is 5.41 Å². The summed E-state index contributed by atoms with van der Waals surface area (Å²) in [5.41, 5.74) is 0.211. The van der Waals surface area contributed by atoms with E-state index < -0.39 is 5.41 Å². The van der Waals surface area contributed by atoms with Gasteiger partial charge in [-0.15, -0.1) is 0 Å². The summed E-state index contributed by atoms with van der Waals surface area (Å²) in [6.07, 6.45) is 1.62. The average Bonchev–Trinajstić information content (AvgIpc) is 2.98. The second-order valence-corrected chi connectivity index (χ2v) is 4.60. The molecule has 0 aliphatic heterocycles. The molecule has 0 radical (unpaired) electrons. The smallest absolute Gasteiger partial charge is 0.172 e. The molecule has 2 rings (SSSR count). The molecule has 1 saturated carbocycles. The first-order valence-corrected chi connectivity index (χ1v) is 5.39. The maximum absolute atomic E-state index is 12.0. The zero-order chi connectivity index (χ0) is 10.2. The Hall–Kier alpha value is -0.670. The van der Waals surface area contributed by atoms with Gasteiger partial charge in [-0.3, -0.25) is 4.79 Å². The Morgan fingerprint density at radius 3 is 2.57 bits per heavy atom. The highest BCUT2D eigenvalue weighted by Gasteiger charge is 2.49. The molecule has 0 bridgehead atoms. The first-order chi connectivity index (χ1) is 6.69. The van der Waals surface area contributed by atoms with Gasteiger partial charge < -0.3 is 5.11 Å². The number of rotatable bonds is 3. The summed E-state index contributed by atoms with van der Waals surface area (Å²) >= 11 is 3.34. The molecule has 1 aliphatic carbocycles. The maximum Gasteiger partial charge on any atom is 0.172 e. The summed E-state index contributed by atoms with van der Waals surface area (Å²) in [5, 5.41) is 9.14. The van der Waals surface area contributed by atoms with E-state index in [1.54, 1.807) is 6.07 Å². The molecule has 0 spiro atoms. The first-order valence-electron chi connectivity index (χ1n) is 4.60. The second kappa shape index (κ2) is 3.48. The molecule has 0 unspecified atom stereocenters. The van der Waals surface area contributed by atoms with Gasteiger partial charge in [0.1, 0.15) is 0 Å². The van der Waals surface area contributed by atoms with Crippen molar-refractivity contribution in [2.75, 3.05) is 6.61 Å². The minimum Gasteiger partial charge on any atom is -0.395 e. The topological polar surface area (TPSA) is 37.3 Å². The van der Waals surface area contributed by atoms with Crippen molar-refractivity contribution >= 4 is 21.7 Å². The summed E-state index contributed by atoms with van der Waals surface area (Å²) < 4.78 is 0.810. The van der Waals surface area contributed by atoms with Crippen LogP contribution >= 0.6 is 15.9 Å². The van der Waals surface area contributed by atoms with Crippen molar-refractivity contribution in [1.29, 1.82) is 0 Å². The van der Waals surface area contributed by atoms with Gasteiger partial charge in [-0.05, 0) is 18.9 Å². The van der Waals surface area contributed by atoms with Crippen molar-refractivity contribution in [3.05, 3.63) is 34.3 Å². The third-order valence-corrected chi connectivity index (χ3v) is 3.45. The van der Waals surface area contributed by atoms with Gasteiger partial charge in [0.05, 0.1) is 12.0 Å². The first kappa shape index (κ1) is 9.87. The number of Topliss-reactive ketones (excluding diaryl/α,β-unsaturated/α-hetero) is 1. The van der Waals surface area contributed by atoms with E-state index >= 15 is 0 Å². The molecule has 0 heterocycles. The fraction of sp³-hybridized carbons (Fsp3) is 0.364. The van der Waals surface area contributed by atoms with E-state index in [1.165, 1.54) is 0 Å². The lowest BCUT2D eigenvalue weighted by Crippen LogP contribution is -2.20. The molecular weight excluding hydrogens is 244 g/mol. The highest BCUT2D eigenvalue weighted by Crippen LogP contribution is 2.48. The van der Waals surface area contributed by atoms with Crippen molar-refractivity contribution in [2.45, 2.75) is 12.8 Å². The van der Waals surface area contributed by atoms with Crippen molar-refractivity contribution in [3.63, 3.8) is 0 Å². The van der Waals surface area contributed by atoms with Crippen LogP contribution in [0.25, 0.3) is 0 Å². The fourth-order valence-electron chi connectivity index (χ4n) is 1.54. The fourth-order valence-corrected chi connectivity index (χ4v) is 2.00. The van der Waals surface area contributed by atoms with Gasteiger partial charge in [-0.2, -0.15) is 0 Å². The number of aliphatic hydroxyl groups excluding tert-OH is 1. The molecule has 0 atom stereocenters.